The van der Waals surface area contributed by atoms with Crippen molar-refractivity contribution < 1.29 is 0 Å². The topological polar surface area (TPSA) is 0 Å². The van der Waals surface area contributed by atoms with Crippen molar-refractivity contribution in [2.24, 2.45) is 0 Å². The van der Waals surface area contributed by atoms with Gasteiger partial charge in [0.05, 0.1) is 0 Å². The summed E-state index contributed by atoms with van der Waals surface area (Å²) >= 11 is 7.14. The molecule has 0 unspecified atom stereocenters. The van der Waals surface area contributed by atoms with Crippen LogP contribution in [-0.4, -0.2) is 0 Å². The Bertz CT molecular complexity index is 181. The second-order valence-corrected chi connectivity index (χ2v) is 3.31. The van der Waals surface area contributed by atoms with Crippen molar-refractivity contribution in [1.82, 2.24) is 0 Å². The summed E-state index contributed by atoms with van der Waals surface area (Å²) in [6, 6.07) is 8.27. The van der Waals surface area contributed by atoms with Crippen LogP contribution in [0.3, 0.4) is 0 Å². The number of hydrogen-bond acceptors (Lipinski definition) is 0. The second kappa shape index (κ2) is 3.46. The summed E-state index contributed by atoms with van der Waals surface area (Å²) in [5.41, 5.74) is 1.23. The third-order valence-electron chi connectivity index (χ3n) is 1.08. The first-order valence-corrected chi connectivity index (χ1v) is 4.31. The monoisotopic (exact) mass is 249 g/mol. The fourth-order valence-electron chi connectivity index (χ4n) is 0.581. The lowest BCUT2D eigenvalue weighted by Gasteiger charge is -1.92. The van der Waals surface area contributed by atoms with Crippen LogP contribution in [0, 0.1) is 3.57 Å². The van der Waals surface area contributed by atoms with Gasteiger partial charge >= 0.3 is 0 Å². The molecule has 0 bridgehead atoms. The molecule has 47 valence electrons. The molecule has 0 aliphatic carbocycles. The van der Waals surface area contributed by atoms with Crippen molar-refractivity contribution in [1.29, 1.82) is 0 Å². The Hall–Kier alpha value is 0.300. The first kappa shape index (κ1) is 7.41. The molecule has 0 saturated heterocycles. The summed E-state index contributed by atoms with van der Waals surface area (Å²) in [6.45, 7) is 0. The van der Waals surface area contributed by atoms with Gasteiger partial charge in [0.25, 0.3) is 0 Å². The second-order valence-electron chi connectivity index (χ2n) is 1.77. The molecule has 0 atom stereocenters. The molecule has 9 heavy (non-hydrogen) atoms. The highest BCUT2D eigenvalue weighted by atomic mass is 127. The van der Waals surface area contributed by atoms with Crippen LogP contribution in [0.25, 0.3) is 0 Å². The Balaban J connectivity index is 2.88. The maximum absolute atomic E-state index is 4.86. The van der Waals surface area contributed by atoms with Crippen molar-refractivity contribution in [2.45, 2.75) is 5.75 Å². The van der Waals surface area contributed by atoms with E-state index in [1.54, 1.807) is 0 Å². The van der Waals surface area contributed by atoms with Crippen molar-refractivity contribution in [3.63, 3.8) is 0 Å². The van der Waals surface area contributed by atoms with Gasteiger partial charge in [-0.15, -0.1) is 0 Å². The van der Waals surface area contributed by atoms with E-state index >= 15 is 0 Å². The molecule has 0 fully saturated rings. The minimum Gasteiger partial charge on any atom is -0.0890 e. The average Bonchev–Trinajstić information content (AvgIpc) is 1.90. The van der Waals surface area contributed by atoms with Crippen LogP contribution in [0.15, 0.2) is 24.3 Å². The zero-order valence-corrected chi connectivity index (χ0v) is 7.78. The summed E-state index contributed by atoms with van der Waals surface area (Å²) in [5.74, 6) is 0.719. The summed E-state index contributed by atoms with van der Waals surface area (Å²) in [6.07, 6.45) is 0. The highest BCUT2D eigenvalue weighted by molar-refractivity contribution is 14.1. The Morgan fingerprint density at radius 2 is 1.78 bits per heavy atom. The Morgan fingerprint density at radius 3 is 2.22 bits per heavy atom. The number of halogens is 1. The lowest BCUT2D eigenvalue weighted by Crippen LogP contribution is -1.75. The molecule has 1 aromatic carbocycles. The number of benzene rings is 1. The Morgan fingerprint density at radius 1 is 1.22 bits per heavy atom. The summed E-state index contributed by atoms with van der Waals surface area (Å²) < 4.78 is 1.26. The van der Waals surface area contributed by atoms with Gasteiger partial charge < -0.3 is 0 Å². The van der Waals surface area contributed by atoms with Gasteiger partial charge in [-0.1, -0.05) is 24.8 Å². The lowest BCUT2D eigenvalue weighted by atomic mass is 10.2. The van der Waals surface area contributed by atoms with Crippen LogP contribution in [0.4, 0.5) is 0 Å². The zero-order chi connectivity index (χ0) is 6.69. The highest BCUT2D eigenvalue weighted by Crippen LogP contribution is 2.07. The van der Waals surface area contributed by atoms with E-state index in [0.717, 1.165) is 5.75 Å². The molecule has 0 spiro atoms. The van der Waals surface area contributed by atoms with Crippen LogP contribution in [0.2, 0.25) is 0 Å². The van der Waals surface area contributed by atoms with Gasteiger partial charge in [-0.2, -0.15) is 0 Å². The normalized spacial score (nSPS) is 9.56. The van der Waals surface area contributed by atoms with Gasteiger partial charge in [0, 0.05) is 9.32 Å². The molecule has 0 aliphatic rings. The standard InChI is InChI=1S/C7H6IS/c8-7-3-1-6(5-9)2-4-7/h1-4H,5H2. The van der Waals surface area contributed by atoms with Gasteiger partial charge in [0.15, 0.2) is 0 Å². The first-order chi connectivity index (χ1) is 4.33. The fourth-order valence-corrected chi connectivity index (χ4v) is 1.13. The Labute approximate surface area is 74.2 Å². The molecule has 1 rings (SSSR count). The SMILES string of the molecule is [S]Cc1ccc(I)cc1. The molecule has 0 N–H and O–H groups in total. The van der Waals surface area contributed by atoms with Gasteiger partial charge in [0.1, 0.15) is 0 Å². The maximum atomic E-state index is 4.86. The van der Waals surface area contributed by atoms with Crippen LogP contribution in [0.5, 0.6) is 0 Å². The largest absolute Gasteiger partial charge is 0.0890 e. The minimum absolute atomic E-state index is 0.719. The van der Waals surface area contributed by atoms with Gasteiger partial charge in [0.2, 0.25) is 0 Å². The number of rotatable bonds is 1. The van der Waals surface area contributed by atoms with E-state index in [-0.39, 0.29) is 0 Å². The molecule has 0 saturated carbocycles. The average molecular weight is 249 g/mol. The molecular formula is C7H6IS. The molecule has 0 nitrogen and oxygen atoms in total. The maximum Gasteiger partial charge on any atom is 0.0288 e. The van der Waals surface area contributed by atoms with Gasteiger partial charge in [-0.3, -0.25) is 0 Å². The van der Waals surface area contributed by atoms with Crippen LogP contribution >= 0.6 is 35.2 Å². The van der Waals surface area contributed by atoms with Crippen molar-refractivity contribution in [2.75, 3.05) is 0 Å². The third kappa shape index (κ3) is 2.18. The molecule has 2 heteroatoms. The van der Waals surface area contributed by atoms with Crippen molar-refractivity contribution in [3.8, 4) is 0 Å². The predicted octanol–water partition coefficient (Wildman–Crippen LogP) is 2.99. The quantitative estimate of drug-likeness (QED) is 0.671. The van der Waals surface area contributed by atoms with E-state index < -0.39 is 0 Å². The first-order valence-electron chi connectivity index (χ1n) is 2.65. The van der Waals surface area contributed by atoms with E-state index in [2.05, 4.69) is 46.9 Å². The summed E-state index contributed by atoms with van der Waals surface area (Å²) in [4.78, 5) is 0. The zero-order valence-electron chi connectivity index (χ0n) is 4.80. The van der Waals surface area contributed by atoms with Crippen LogP contribution in [-0.2, 0) is 5.75 Å². The highest BCUT2D eigenvalue weighted by Gasteiger charge is 1.86. The molecule has 0 heterocycles. The molecule has 0 aliphatic heterocycles. The van der Waals surface area contributed by atoms with Crippen molar-refractivity contribution >= 4 is 35.2 Å². The van der Waals surface area contributed by atoms with Crippen LogP contribution in [0.1, 0.15) is 5.56 Å². The van der Waals surface area contributed by atoms with Gasteiger partial charge in [-0.25, -0.2) is 0 Å². The molecule has 1 aromatic rings. The van der Waals surface area contributed by atoms with E-state index in [4.69, 9.17) is 12.6 Å². The van der Waals surface area contributed by atoms with E-state index in [1.165, 1.54) is 9.13 Å². The predicted molar refractivity (Wildman–Crippen MR) is 50.5 cm³/mol. The van der Waals surface area contributed by atoms with Crippen LogP contribution < -0.4 is 0 Å². The fraction of sp³-hybridized carbons (Fsp3) is 0.143. The van der Waals surface area contributed by atoms with Crippen molar-refractivity contribution in [3.05, 3.63) is 33.4 Å². The molecule has 0 amide bonds. The van der Waals surface area contributed by atoms with E-state index in [0.29, 0.717) is 0 Å². The molecule has 1 radical (unpaired) electrons. The Kier molecular flexibility index (Phi) is 2.85. The summed E-state index contributed by atoms with van der Waals surface area (Å²) in [7, 11) is 0. The number of hydrogen-bond donors (Lipinski definition) is 0. The third-order valence-corrected chi connectivity index (χ3v) is 2.13. The van der Waals surface area contributed by atoms with E-state index in [1.807, 2.05) is 0 Å². The molecule has 0 aromatic heterocycles. The van der Waals surface area contributed by atoms with E-state index in [9.17, 15) is 0 Å². The molecular weight excluding hydrogens is 243 g/mol. The minimum atomic E-state index is 0.719. The smallest absolute Gasteiger partial charge is 0.0288 e. The lowest BCUT2D eigenvalue weighted by molar-refractivity contribution is 1.41. The summed E-state index contributed by atoms with van der Waals surface area (Å²) in [5, 5.41) is 0. The van der Waals surface area contributed by atoms with Gasteiger partial charge in [-0.05, 0) is 40.3 Å².